The van der Waals surface area contributed by atoms with Crippen molar-refractivity contribution in [3.63, 3.8) is 0 Å². The van der Waals surface area contributed by atoms with Gasteiger partial charge in [-0.3, -0.25) is 14.4 Å². The molecule has 1 N–H and O–H groups in total. The van der Waals surface area contributed by atoms with Crippen molar-refractivity contribution >= 4 is 27.7 Å². The SMILES string of the molecule is CCC(C(=O)NC(C)C)N(Cc1ccccc1C)C(=O)CN1C(=O)c2ccccc2S1(=O)=O. The maximum atomic E-state index is 13.5. The molecule has 3 amide bonds. The minimum absolute atomic E-state index is 0.0420. The smallest absolute Gasteiger partial charge is 0.269 e. The Labute approximate surface area is 194 Å². The molecule has 8 nitrogen and oxygen atoms in total. The summed E-state index contributed by atoms with van der Waals surface area (Å²) < 4.78 is 26.5. The number of hydrogen-bond donors (Lipinski definition) is 1. The highest BCUT2D eigenvalue weighted by molar-refractivity contribution is 7.90. The fourth-order valence-corrected chi connectivity index (χ4v) is 5.39. The summed E-state index contributed by atoms with van der Waals surface area (Å²) in [6.45, 7) is 6.78. The molecule has 176 valence electrons. The molecule has 0 aromatic heterocycles. The first-order valence-corrected chi connectivity index (χ1v) is 12.3. The van der Waals surface area contributed by atoms with Gasteiger partial charge in [-0.2, -0.15) is 0 Å². The van der Waals surface area contributed by atoms with Gasteiger partial charge in [0.05, 0.1) is 5.56 Å². The van der Waals surface area contributed by atoms with Crippen molar-refractivity contribution in [3.05, 3.63) is 65.2 Å². The van der Waals surface area contributed by atoms with Crippen molar-refractivity contribution in [1.29, 1.82) is 0 Å². The molecule has 1 aliphatic heterocycles. The number of carbonyl (C=O) groups excluding carboxylic acids is 3. The standard InChI is InChI=1S/C24H29N3O5S/c1-5-20(23(29)25-16(2)3)26(14-18-11-7-6-10-17(18)4)22(28)15-27-24(30)19-12-8-9-13-21(19)33(27,31)32/h6-13,16,20H,5,14-15H2,1-4H3,(H,25,29). The van der Waals surface area contributed by atoms with Crippen LogP contribution in [-0.2, 0) is 26.2 Å². The lowest BCUT2D eigenvalue weighted by molar-refractivity contribution is -0.141. The molecular weight excluding hydrogens is 442 g/mol. The zero-order valence-electron chi connectivity index (χ0n) is 19.2. The monoisotopic (exact) mass is 471 g/mol. The van der Waals surface area contributed by atoms with Crippen LogP contribution in [0.4, 0.5) is 0 Å². The fraction of sp³-hybridized carbons (Fsp3) is 0.375. The van der Waals surface area contributed by atoms with Crippen LogP contribution in [0, 0.1) is 6.92 Å². The van der Waals surface area contributed by atoms with Gasteiger partial charge >= 0.3 is 0 Å². The van der Waals surface area contributed by atoms with Crippen molar-refractivity contribution in [3.8, 4) is 0 Å². The number of aryl methyl sites for hydroxylation is 1. The van der Waals surface area contributed by atoms with Crippen molar-refractivity contribution in [2.45, 2.75) is 57.6 Å². The highest BCUT2D eigenvalue weighted by Crippen LogP contribution is 2.30. The number of nitrogens with zero attached hydrogens (tertiary/aromatic N) is 2. The van der Waals surface area contributed by atoms with Crippen LogP contribution < -0.4 is 5.32 Å². The first kappa shape index (κ1) is 24.4. The Morgan fingerprint density at radius 3 is 2.30 bits per heavy atom. The maximum Gasteiger partial charge on any atom is 0.269 e. The topological polar surface area (TPSA) is 104 Å². The van der Waals surface area contributed by atoms with E-state index in [0.717, 1.165) is 11.1 Å². The molecule has 2 aromatic rings. The largest absolute Gasteiger partial charge is 0.352 e. The third kappa shape index (κ3) is 4.93. The Balaban J connectivity index is 1.95. The molecule has 2 aromatic carbocycles. The summed E-state index contributed by atoms with van der Waals surface area (Å²) >= 11 is 0. The van der Waals surface area contributed by atoms with Crippen LogP contribution in [0.2, 0.25) is 0 Å². The Hall–Kier alpha value is -3.20. The number of benzene rings is 2. The van der Waals surface area contributed by atoms with E-state index >= 15 is 0 Å². The van der Waals surface area contributed by atoms with E-state index in [1.165, 1.54) is 23.1 Å². The zero-order valence-corrected chi connectivity index (χ0v) is 20.1. The minimum Gasteiger partial charge on any atom is -0.352 e. The second kappa shape index (κ2) is 9.74. The average molecular weight is 472 g/mol. The van der Waals surface area contributed by atoms with Gasteiger partial charge < -0.3 is 10.2 Å². The molecule has 0 fully saturated rings. The summed E-state index contributed by atoms with van der Waals surface area (Å²) in [5, 5.41) is 2.83. The molecule has 0 saturated carbocycles. The van der Waals surface area contributed by atoms with E-state index in [4.69, 9.17) is 0 Å². The molecule has 0 radical (unpaired) electrons. The number of nitrogens with one attached hydrogen (secondary N) is 1. The number of carbonyl (C=O) groups is 3. The van der Waals surface area contributed by atoms with Crippen LogP contribution in [0.1, 0.15) is 48.7 Å². The van der Waals surface area contributed by atoms with Gasteiger partial charge in [0.15, 0.2) is 0 Å². The number of amides is 3. The molecule has 0 aliphatic carbocycles. The van der Waals surface area contributed by atoms with Crippen molar-refractivity contribution in [1.82, 2.24) is 14.5 Å². The zero-order chi connectivity index (χ0) is 24.3. The molecule has 33 heavy (non-hydrogen) atoms. The Morgan fingerprint density at radius 1 is 1.06 bits per heavy atom. The molecular formula is C24H29N3O5S. The van der Waals surface area contributed by atoms with Crippen LogP contribution in [0.25, 0.3) is 0 Å². The van der Waals surface area contributed by atoms with E-state index in [1.807, 2.05) is 45.0 Å². The number of fused-ring (bicyclic) bond motifs is 1. The third-order valence-electron chi connectivity index (χ3n) is 5.61. The van der Waals surface area contributed by atoms with Crippen LogP contribution in [0.3, 0.4) is 0 Å². The third-order valence-corrected chi connectivity index (χ3v) is 7.40. The van der Waals surface area contributed by atoms with E-state index in [1.54, 1.807) is 13.0 Å². The quantitative estimate of drug-likeness (QED) is 0.637. The average Bonchev–Trinajstić information content (AvgIpc) is 2.95. The van der Waals surface area contributed by atoms with E-state index in [-0.39, 0.29) is 29.0 Å². The van der Waals surface area contributed by atoms with Gasteiger partial charge in [0, 0.05) is 12.6 Å². The van der Waals surface area contributed by atoms with E-state index in [0.29, 0.717) is 10.7 Å². The second-order valence-corrected chi connectivity index (χ2v) is 10.2. The number of hydrogen-bond acceptors (Lipinski definition) is 5. The normalized spacial score (nSPS) is 15.3. The molecule has 9 heteroatoms. The molecule has 1 atom stereocenters. The molecule has 0 spiro atoms. The lowest BCUT2D eigenvalue weighted by Gasteiger charge is -2.32. The maximum absolute atomic E-state index is 13.5. The van der Waals surface area contributed by atoms with Gasteiger partial charge in [-0.1, -0.05) is 43.3 Å². The van der Waals surface area contributed by atoms with Crippen LogP contribution in [0.5, 0.6) is 0 Å². The lowest BCUT2D eigenvalue weighted by atomic mass is 10.1. The van der Waals surface area contributed by atoms with E-state index in [2.05, 4.69) is 5.32 Å². The van der Waals surface area contributed by atoms with Gasteiger partial charge in [-0.25, -0.2) is 12.7 Å². The van der Waals surface area contributed by atoms with Gasteiger partial charge in [0.2, 0.25) is 11.8 Å². The molecule has 1 heterocycles. The lowest BCUT2D eigenvalue weighted by Crippen LogP contribution is -2.53. The molecule has 1 aliphatic rings. The molecule has 0 bridgehead atoms. The van der Waals surface area contributed by atoms with Gasteiger partial charge in [0.25, 0.3) is 15.9 Å². The van der Waals surface area contributed by atoms with Crippen LogP contribution in [-0.4, -0.2) is 54.0 Å². The summed E-state index contributed by atoms with van der Waals surface area (Å²) in [6, 6.07) is 12.4. The Bertz CT molecular complexity index is 1180. The van der Waals surface area contributed by atoms with E-state index < -0.39 is 34.4 Å². The Kier molecular flexibility index (Phi) is 7.22. The Morgan fingerprint density at radius 2 is 1.70 bits per heavy atom. The molecule has 0 saturated heterocycles. The first-order chi connectivity index (χ1) is 15.6. The first-order valence-electron chi connectivity index (χ1n) is 10.9. The van der Waals surface area contributed by atoms with Crippen molar-refractivity contribution in [2.75, 3.05) is 6.54 Å². The van der Waals surface area contributed by atoms with Gasteiger partial charge in [0.1, 0.15) is 17.5 Å². The summed E-state index contributed by atoms with van der Waals surface area (Å²) in [4.78, 5) is 40.4. The molecule has 3 rings (SSSR count). The predicted molar refractivity (Wildman–Crippen MR) is 124 cm³/mol. The highest BCUT2D eigenvalue weighted by Gasteiger charge is 2.43. The van der Waals surface area contributed by atoms with Gasteiger partial charge in [-0.05, 0) is 50.5 Å². The van der Waals surface area contributed by atoms with Gasteiger partial charge in [-0.15, -0.1) is 0 Å². The number of sulfonamides is 1. The van der Waals surface area contributed by atoms with E-state index in [9.17, 15) is 22.8 Å². The van der Waals surface area contributed by atoms with Crippen molar-refractivity contribution < 1.29 is 22.8 Å². The summed E-state index contributed by atoms with van der Waals surface area (Å²) in [6.07, 6.45) is 0.330. The highest BCUT2D eigenvalue weighted by atomic mass is 32.2. The molecule has 1 unspecified atom stereocenters. The summed E-state index contributed by atoms with van der Waals surface area (Å²) in [5.41, 5.74) is 1.81. The van der Waals surface area contributed by atoms with Crippen molar-refractivity contribution in [2.24, 2.45) is 0 Å². The summed E-state index contributed by atoms with van der Waals surface area (Å²) in [5.74, 6) is -1.68. The van der Waals surface area contributed by atoms with Crippen LogP contribution in [0.15, 0.2) is 53.4 Å². The predicted octanol–water partition coefficient (Wildman–Crippen LogP) is 2.47. The number of rotatable bonds is 8. The summed E-state index contributed by atoms with van der Waals surface area (Å²) in [7, 11) is -4.14. The second-order valence-electron chi connectivity index (χ2n) is 8.35. The minimum atomic E-state index is -4.14. The van der Waals surface area contributed by atoms with Crippen LogP contribution >= 0.6 is 0 Å². The fourth-order valence-electron chi connectivity index (χ4n) is 3.87.